The molecule has 1 aliphatic carbocycles. The molecule has 7 heteroatoms. The van der Waals surface area contributed by atoms with Crippen molar-refractivity contribution in [1.29, 1.82) is 0 Å². The molecule has 114 valence electrons. The first kappa shape index (κ1) is 12.8. The zero-order chi connectivity index (χ0) is 14.9. The smallest absolute Gasteiger partial charge is 0.261 e. The molecule has 2 saturated heterocycles. The minimum Gasteiger partial charge on any atom is -0.368 e. The molecule has 2 aromatic heterocycles. The summed E-state index contributed by atoms with van der Waals surface area (Å²) in [5.74, 6) is 0.891. The van der Waals surface area contributed by atoms with Crippen LogP contribution in [-0.4, -0.2) is 45.4 Å². The van der Waals surface area contributed by atoms with E-state index in [-0.39, 0.29) is 17.4 Å². The van der Waals surface area contributed by atoms with Gasteiger partial charge in [0.15, 0.2) is 0 Å². The molecule has 2 aliphatic heterocycles. The Bertz CT molecular complexity index is 783. The van der Waals surface area contributed by atoms with Gasteiger partial charge in [-0.2, -0.15) is 0 Å². The molecule has 4 heterocycles. The average molecular weight is 315 g/mol. The molecule has 5 rings (SSSR count). The maximum absolute atomic E-state index is 12.6. The maximum atomic E-state index is 12.6. The molecule has 0 aromatic carbocycles. The number of thiophene rings is 1. The molecule has 2 aromatic rings. The fourth-order valence-corrected chi connectivity index (χ4v) is 5.19. The van der Waals surface area contributed by atoms with Crippen molar-refractivity contribution in [2.24, 2.45) is 5.92 Å². The van der Waals surface area contributed by atoms with Gasteiger partial charge in [-0.1, -0.05) is 0 Å². The second kappa shape index (κ2) is 4.17. The lowest BCUT2D eigenvalue weighted by molar-refractivity contribution is 0.0896. The number of nitrogens with zero attached hydrogens (tertiary/aromatic N) is 3. The molecule has 1 saturated carbocycles. The van der Waals surface area contributed by atoms with Crippen molar-refractivity contribution in [3.8, 4) is 0 Å². The predicted molar refractivity (Wildman–Crippen MR) is 84.7 cm³/mol. The van der Waals surface area contributed by atoms with E-state index in [4.69, 9.17) is 5.73 Å². The second-order valence-electron chi connectivity index (χ2n) is 6.65. The fourth-order valence-electron chi connectivity index (χ4n) is 4.28. The lowest BCUT2D eigenvalue weighted by Crippen LogP contribution is -2.51. The van der Waals surface area contributed by atoms with Gasteiger partial charge < -0.3 is 11.1 Å². The SMILES string of the molecule is Nc1ncc2cc(C(=O)N[C@@H]3C4CCN(C4)C34CC4)sc2n1. The normalized spacial score (nSPS) is 31.0. The number of hydrogen-bond acceptors (Lipinski definition) is 6. The predicted octanol–water partition coefficient (Wildman–Crippen LogP) is 1.24. The molecular formula is C15H17N5OS. The summed E-state index contributed by atoms with van der Waals surface area (Å²) in [4.78, 5) is 24.9. The summed E-state index contributed by atoms with van der Waals surface area (Å²) in [7, 11) is 0. The van der Waals surface area contributed by atoms with Crippen molar-refractivity contribution in [3.63, 3.8) is 0 Å². The number of carbonyl (C=O) groups excluding carboxylic acids is 1. The molecular weight excluding hydrogens is 298 g/mol. The van der Waals surface area contributed by atoms with E-state index in [9.17, 15) is 4.79 Å². The van der Waals surface area contributed by atoms with E-state index in [2.05, 4.69) is 20.2 Å². The minimum absolute atomic E-state index is 0.0200. The molecule has 6 nitrogen and oxygen atoms in total. The van der Waals surface area contributed by atoms with Crippen molar-refractivity contribution < 1.29 is 4.79 Å². The molecule has 2 unspecified atom stereocenters. The van der Waals surface area contributed by atoms with E-state index in [1.807, 2.05) is 6.07 Å². The van der Waals surface area contributed by atoms with E-state index in [0.29, 0.717) is 16.8 Å². The molecule has 3 atom stereocenters. The Kier molecular flexibility index (Phi) is 2.42. The minimum atomic E-state index is 0.0200. The van der Waals surface area contributed by atoms with Crippen molar-refractivity contribution >= 4 is 33.4 Å². The van der Waals surface area contributed by atoms with Crippen LogP contribution in [0.1, 0.15) is 28.9 Å². The van der Waals surface area contributed by atoms with Crippen LogP contribution in [0, 0.1) is 5.92 Å². The number of carbonyl (C=O) groups is 1. The zero-order valence-corrected chi connectivity index (χ0v) is 12.9. The maximum Gasteiger partial charge on any atom is 0.261 e. The molecule has 3 N–H and O–H groups in total. The third-order valence-electron chi connectivity index (χ3n) is 5.47. The summed E-state index contributed by atoms with van der Waals surface area (Å²) < 4.78 is 0. The second-order valence-corrected chi connectivity index (χ2v) is 7.68. The highest BCUT2D eigenvalue weighted by atomic mass is 32.1. The summed E-state index contributed by atoms with van der Waals surface area (Å²) >= 11 is 1.39. The number of rotatable bonds is 2. The summed E-state index contributed by atoms with van der Waals surface area (Å²) in [6.07, 6.45) is 5.34. The van der Waals surface area contributed by atoms with Crippen LogP contribution in [0.5, 0.6) is 0 Å². The van der Waals surface area contributed by atoms with Crippen LogP contribution in [0.4, 0.5) is 5.95 Å². The van der Waals surface area contributed by atoms with Gasteiger partial charge in [-0.15, -0.1) is 11.3 Å². The van der Waals surface area contributed by atoms with Gasteiger partial charge in [0.1, 0.15) is 4.83 Å². The first-order valence-electron chi connectivity index (χ1n) is 7.74. The van der Waals surface area contributed by atoms with Crippen molar-refractivity contribution in [1.82, 2.24) is 20.2 Å². The third kappa shape index (κ3) is 1.66. The molecule has 22 heavy (non-hydrogen) atoms. The topological polar surface area (TPSA) is 84.1 Å². The Morgan fingerprint density at radius 2 is 2.36 bits per heavy atom. The number of amides is 1. The highest BCUT2D eigenvalue weighted by molar-refractivity contribution is 7.20. The van der Waals surface area contributed by atoms with Gasteiger partial charge in [-0.05, 0) is 37.8 Å². The van der Waals surface area contributed by atoms with Gasteiger partial charge in [0.2, 0.25) is 5.95 Å². The number of anilines is 1. The zero-order valence-electron chi connectivity index (χ0n) is 12.1. The van der Waals surface area contributed by atoms with Crippen LogP contribution in [-0.2, 0) is 0 Å². The highest BCUT2D eigenvalue weighted by Gasteiger charge is 2.63. The summed E-state index contributed by atoms with van der Waals surface area (Å²) in [6, 6.07) is 2.18. The summed E-state index contributed by atoms with van der Waals surface area (Å²) in [5, 5.41) is 4.18. The number of nitrogens with one attached hydrogen (secondary N) is 1. The molecule has 3 aliphatic rings. The molecule has 3 fully saturated rings. The van der Waals surface area contributed by atoms with Gasteiger partial charge in [-0.25, -0.2) is 9.97 Å². The Morgan fingerprint density at radius 3 is 3.18 bits per heavy atom. The van der Waals surface area contributed by atoms with Gasteiger partial charge in [0.05, 0.1) is 10.9 Å². The first-order valence-corrected chi connectivity index (χ1v) is 8.55. The quantitative estimate of drug-likeness (QED) is 0.871. The molecule has 1 spiro atoms. The van der Waals surface area contributed by atoms with Crippen molar-refractivity contribution in [2.45, 2.75) is 30.8 Å². The summed E-state index contributed by atoms with van der Waals surface area (Å²) in [6.45, 7) is 2.36. The van der Waals surface area contributed by atoms with Crippen LogP contribution in [0.15, 0.2) is 12.3 Å². The largest absolute Gasteiger partial charge is 0.368 e. The van der Waals surface area contributed by atoms with Crippen molar-refractivity contribution in [2.75, 3.05) is 18.8 Å². The van der Waals surface area contributed by atoms with Crippen LogP contribution < -0.4 is 11.1 Å². The van der Waals surface area contributed by atoms with E-state index in [1.54, 1.807) is 6.20 Å². The van der Waals surface area contributed by atoms with E-state index >= 15 is 0 Å². The Hall–Kier alpha value is -1.73. The highest BCUT2D eigenvalue weighted by Crippen LogP contribution is 2.55. The van der Waals surface area contributed by atoms with Crippen molar-refractivity contribution in [3.05, 3.63) is 17.1 Å². The number of fused-ring (bicyclic) bond motifs is 4. The van der Waals surface area contributed by atoms with Crippen LogP contribution in [0.2, 0.25) is 0 Å². The number of nitrogen functional groups attached to an aromatic ring is 1. The fraction of sp³-hybridized carbons (Fsp3) is 0.533. The van der Waals surface area contributed by atoms with Crippen LogP contribution >= 0.6 is 11.3 Å². The lowest BCUT2D eigenvalue weighted by atomic mass is 9.92. The van der Waals surface area contributed by atoms with Crippen LogP contribution in [0.3, 0.4) is 0 Å². The van der Waals surface area contributed by atoms with Gasteiger partial charge in [0, 0.05) is 23.7 Å². The number of piperidine rings is 1. The Labute approximate surface area is 131 Å². The lowest BCUT2D eigenvalue weighted by Gasteiger charge is -2.33. The average Bonchev–Trinajstić information content (AvgIpc) is 2.87. The molecule has 1 amide bonds. The summed E-state index contributed by atoms with van der Waals surface area (Å²) in [5.41, 5.74) is 5.88. The number of nitrogens with two attached hydrogens (primary N) is 1. The standard InChI is InChI=1S/C15H17N5OS/c16-14-17-6-9-5-10(22-13(9)19-14)12(21)18-11-8-1-4-20(7-8)15(11)2-3-15/h5-6,8,11H,1-4,7H2,(H,18,21)(H2,16,17,19)/t8?,11-/m1/s1. The van der Waals surface area contributed by atoms with Gasteiger partial charge >= 0.3 is 0 Å². The van der Waals surface area contributed by atoms with E-state index in [0.717, 1.165) is 16.8 Å². The van der Waals surface area contributed by atoms with Gasteiger partial charge in [-0.3, -0.25) is 9.69 Å². The third-order valence-corrected chi connectivity index (χ3v) is 6.51. The van der Waals surface area contributed by atoms with Crippen LogP contribution in [0.25, 0.3) is 10.2 Å². The molecule has 0 radical (unpaired) electrons. The number of aromatic nitrogens is 2. The Balaban J connectivity index is 1.42. The van der Waals surface area contributed by atoms with E-state index < -0.39 is 0 Å². The van der Waals surface area contributed by atoms with Gasteiger partial charge in [0.25, 0.3) is 5.91 Å². The van der Waals surface area contributed by atoms with E-state index in [1.165, 1.54) is 37.1 Å². The monoisotopic (exact) mass is 315 g/mol. The Morgan fingerprint density at radius 1 is 1.50 bits per heavy atom. The first-order chi connectivity index (χ1) is 10.7. The molecule has 2 bridgehead atoms. The number of hydrogen-bond donors (Lipinski definition) is 2.